The number of methoxy groups -OCH3 is 2. The van der Waals surface area contributed by atoms with Gasteiger partial charge in [0.25, 0.3) is 0 Å². The molecule has 0 spiro atoms. The van der Waals surface area contributed by atoms with Crippen LogP contribution in [-0.4, -0.2) is 33.3 Å². The van der Waals surface area contributed by atoms with E-state index < -0.39 is 0 Å². The topological polar surface area (TPSA) is 60.6 Å². The van der Waals surface area contributed by atoms with E-state index in [1.54, 1.807) is 14.2 Å². The molecule has 19 heavy (non-hydrogen) atoms. The van der Waals surface area contributed by atoms with Crippen LogP contribution < -0.4 is 20.1 Å². The molecule has 5 nitrogen and oxygen atoms in total. The third-order valence-electron chi connectivity index (χ3n) is 3.05. The normalized spacial score (nSPS) is 10.6. The van der Waals surface area contributed by atoms with Crippen LogP contribution >= 0.6 is 0 Å². The predicted molar refractivity (Wildman–Crippen MR) is 77.1 cm³/mol. The lowest BCUT2D eigenvalue weighted by Crippen LogP contribution is -2.12. The van der Waals surface area contributed by atoms with Gasteiger partial charge in [0.05, 0.1) is 31.0 Å². The molecule has 0 aliphatic rings. The minimum Gasteiger partial charge on any atom is -0.496 e. The standard InChI is InChI=1S/C14H19N3O2/c1-17(2)10-7-9(8-15)16-14-12(19-4)6-5-11(18-3)13(10)14/h5-7H,8,15H2,1-4H3. The molecule has 1 aromatic carbocycles. The summed E-state index contributed by atoms with van der Waals surface area (Å²) in [6.07, 6.45) is 0. The van der Waals surface area contributed by atoms with Gasteiger partial charge in [-0.15, -0.1) is 0 Å². The van der Waals surface area contributed by atoms with Crippen molar-refractivity contribution in [1.82, 2.24) is 4.98 Å². The molecule has 2 aromatic rings. The summed E-state index contributed by atoms with van der Waals surface area (Å²) in [4.78, 5) is 6.58. The Morgan fingerprint density at radius 3 is 2.32 bits per heavy atom. The van der Waals surface area contributed by atoms with Crippen LogP contribution in [0.4, 0.5) is 5.69 Å². The zero-order valence-electron chi connectivity index (χ0n) is 11.7. The first-order valence-corrected chi connectivity index (χ1v) is 6.04. The van der Waals surface area contributed by atoms with E-state index in [1.807, 2.05) is 37.2 Å². The largest absolute Gasteiger partial charge is 0.496 e. The number of rotatable bonds is 4. The Bertz CT molecular complexity index is 597. The van der Waals surface area contributed by atoms with Crippen LogP contribution in [0.3, 0.4) is 0 Å². The Hall–Kier alpha value is -2.01. The van der Waals surface area contributed by atoms with E-state index in [1.165, 1.54) is 0 Å². The number of fused-ring (bicyclic) bond motifs is 1. The fourth-order valence-electron chi connectivity index (χ4n) is 2.11. The third-order valence-corrected chi connectivity index (χ3v) is 3.05. The zero-order chi connectivity index (χ0) is 14.0. The van der Waals surface area contributed by atoms with Crippen molar-refractivity contribution < 1.29 is 9.47 Å². The van der Waals surface area contributed by atoms with Gasteiger partial charge in [0.15, 0.2) is 0 Å². The average Bonchev–Trinajstić information content (AvgIpc) is 2.44. The molecule has 0 radical (unpaired) electrons. The van der Waals surface area contributed by atoms with Gasteiger partial charge >= 0.3 is 0 Å². The van der Waals surface area contributed by atoms with Gasteiger partial charge in [0.2, 0.25) is 0 Å². The van der Waals surface area contributed by atoms with Crippen molar-refractivity contribution >= 4 is 16.6 Å². The van der Waals surface area contributed by atoms with E-state index in [0.717, 1.165) is 28.0 Å². The van der Waals surface area contributed by atoms with Gasteiger partial charge in [0, 0.05) is 20.6 Å². The van der Waals surface area contributed by atoms with Gasteiger partial charge < -0.3 is 20.1 Å². The van der Waals surface area contributed by atoms with E-state index in [9.17, 15) is 0 Å². The summed E-state index contributed by atoms with van der Waals surface area (Å²) in [6.45, 7) is 0.386. The van der Waals surface area contributed by atoms with E-state index in [4.69, 9.17) is 15.2 Å². The SMILES string of the molecule is COc1ccc(OC)c2c(N(C)C)cc(CN)nc12. The van der Waals surface area contributed by atoms with Gasteiger partial charge in [-0.3, -0.25) is 0 Å². The smallest absolute Gasteiger partial charge is 0.145 e. The van der Waals surface area contributed by atoms with Gasteiger partial charge in [-0.2, -0.15) is 0 Å². The van der Waals surface area contributed by atoms with Crippen molar-refractivity contribution in [1.29, 1.82) is 0 Å². The second kappa shape index (κ2) is 5.32. The molecule has 0 saturated heterocycles. The molecular formula is C14H19N3O2. The number of nitrogens with zero attached hydrogens (tertiary/aromatic N) is 2. The zero-order valence-corrected chi connectivity index (χ0v) is 11.7. The highest BCUT2D eigenvalue weighted by Crippen LogP contribution is 2.38. The van der Waals surface area contributed by atoms with E-state index in [0.29, 0.717) is 12.3 Å². The first-order chi connectivity index (χ1) is 9.12. The van der Waals surface area contributed by atoms with Gasteiger partial charge in [-0.1, -0.05) is 0 Å². The molecule has 102 valence electrons. The van der Waals surface area contributed by atoms with Crippen LogP contribution in [0.2, 0.25) is 0 Å². The Labute approximate surface area is 112 Å². The van der Waals surface area contributed by atoms with Crippen LogP contribution in [0.15, 0.2) is 18.2 Å². The number of hydrogen-bond donors (Lipinski definition) is 1. The molecule has 0 saturated carbocycles. The quantitative estimate of drug-likeness (QED) is 0.909. The number of anilines is 1. The molecule has 1 heterocycles. The highest BCUT2D eigenvalue weighted by Gasteiger charge is 2.15. The van der Waals surface area contributed by atoms with Gasteiger partial charge in [0.1, 0.15) is 17.0 Å². The highest BCUT2D eigenvalue weighted by atomic mass is 16.5. The lowest BCUT2D eigenvalue weighted by Gasteiger charge is -2.19. The predicted octanol–water partition coefficient (Wildman–Crippen LogP) is 1.78. The van der Waals surface area contributed by atoms with Gasteiger partial charge in [-0.05, 0) is 18.2 Å². The van der Waals surface area contributed by atoms with Gasteiger partial charge in [-0.25, -0.2) is 4.98 Å². The second-order valence-corrected chi connectivity index (χ2v) is 4.42. The fraction of sp³-hybridized carbons (Fsp3) is 0.357. The number of pyridine rings is 1. The molecule has 2 N–H and O–H groups in total. The summed E-state index contributed by atoms with van der Waals surface area (Å²) in [5.74, 6) is 1.49. The first-order valence-electron chi connectivity index (χ1n) is 6.04. The Balaban J connectivity index is 2.89. The van der Waals surface area contributed by atoms with E-state index in [-0.39, 0.29) is 0 Å². The molecule has 0 amide bonds. The minimum absolute atomic E-state index is 0.386. The monoisotopic (exact) mass is 261 g/mol. The van der Waals surface area contributed by atoms with E-state index >= 15 is 0 Å². The minimum atomic E-state index is 0.386. The number of benzene rings is 1. The summed E-state index contributed by atoms with van der Waals surface area (Å²) in [6, 6.07) is 5.72. The molecule has 0 aliphatic carbocycles. The van der Waals surface area contributed by atoms with Crippen LogP contribution in [0.5, 0.6) is 11.5 Å². The number of hydrogen-bond acceptors (Lipinski definition) is 5. The summed E-state index contributed by atoms with van der Waals surface area (Å²) in [5, 5.41) is 0.934. The number of nitrogens with two attached hydrogens (primary N) is 1. The maximum Gasteiger partial charge on any atom is 0.145 e. The summed E-state index contributed by atoms with van der Waals surface area (Å²) in [5.41, 5.74) is 8.33. The van der Waals surface area contributed by atoms with Crippen LogP contribution in [-0.2, 0) is 6.54 Å². The van der Waals surface area contributed by atoms with Crippen molar-refractivity contribution in [3.05, 3.63) is 23.9 Å². The molecule has 0 bridgehead atoms. The number of aromatic nitrogens is 1. The summed E-state index contributed by atoms with van der Waals surface area (Å²) < 4.78 is 10.8. The number of ether oxygens (including phenoxy) is 2. The molecule has 0 unspecified atom stereocenters. The van der Waals surface area contributed by atoms with Crippen molar-refractivity contribution in [2.45, 2.75) is 6.54 Å². The van der Waals surface area contributed by atoms with Crippen molar-refractivity contribution in [3.8, 4) is 11.5 Å². The molecule has 0 atom stereocenters. The molecule has 0 aliphatic heterocycles. The van der Waals surface area contributed by atoms with Crippen LogP contribution in [0, 0.1) is 0 Å². The Kier molecular flexibility index (Phi) is 3.76. The van der Waals surface area contributed by atoms with Crippen molar-refractivity contribution in [2.24, 2.45) is 5.73 Å². The summed E-state index contributed by atoms with van der Waals surface area (Å²) in [7, 11) is 7.24. The lowest BCUT2D eigenvalue weighted by atomic mass is 10.1. The summed E-state index contributed by atoms with van der Waals surface area (Å²) >= 11 is 0. The highest BCUT2D eigenvalue weighted by molar-refractivity contribution is 6.00. The molecule has 2 rings (SSSR count). The maximum absolute atomic E-state index is 5.72. The average molecular weight is 261 g/mol. The molecule has 5 heteroatoms. The van der Waals surface area contributed by atoms with Crippen LogP contribution in [0.1, 0.15) is 5.69 Å². The molecule has 1 aromatic heterocycles. The van der Waals surface area contributed by atoms with E-state index in [2.05, 4.69) is 4.98 Å². The first kappa shape index (κ1) is 13.4. The Morgan fingerprint density at radius 1 is 1.16 bits per heavy atom. The third kappa shape index (κ3) is 2.29. The van der Waals surface area contributed by atoms with Crippen molar-refractivity contribution in [2.75, 3.05) is 33.2 Å². The Morgan fingerprint density at radius 2 is 1.79 bits per heavy atom. The fourth-order valence-corrected chi connectivity index (χ4v) is 2.11. The molecule has 0 fully saturated rings. The maximum atomic E-state index is 5.72. The molecular weight excluding hydrogens is 242 g/mol. The second-order valence-electron chi connectivity index (χ2n) is 4.42. The van der Waals surface area contributed by atoms with Crippen LogP contribution in [0.25, 0.3) is 10.9 Å². The lowest BCUT2D eigenvalue weighted by molar-refractivity contribution is 0.409. The van der Waals surface area contributed by atoms with Crippen molar-refractivity contribution in [3.63, 3.8) is 0 Å².